The fourth-order valence-corrected chi connectivity index (χ4v) is 9.18. The molecular formula is C37H43FN2O19. The zero-order chi connectivity index (χ0) is 43.5. The highest BCUT2D eigenvalue weighted by Gasteiger charge is 2.78. The number of phenols is 2. The van der Waals surface area contributed by atoms with E-state index in [0.717, 1.165) is 12.1 Å². The van der Waals surface area contributed by atoms with Crippen LogP contribution in [-0.2, 0) is 38.3 Å². The molecule has 0 heterocycles. The number of unbranched alkanes of at least 4 members (excludes halogenated alkanes) is 1. The number of allylic oxidation sites excluding steroid dienone is 4. The Labute approximate surface area is 333 Å². The molecule has 2 fully saturated rings. The number of hydrogen-bond donors (Lipinski definition) is 4. The smallest absolute Gasteiger partial charge is 0.504 e. The molecule has 59 heavy (non-hydrogen) atoms. The number of aliphatic hydroxyl groups is 2. The van der Waals surface area contributed by atoms with E-state index in [0.29, 0.717) is 5.57 Å². The highest BCUT2D eigenvalue weighted by Crippen LogP contribution is 2.70. The summed E-state index contributed by atoms with van der Waals surface area (Å²) in [7, 11) is 0. The number of fused-ring (bicyclic) bond motifs is 5. The number of nitrogens with zero attached hydrogens (tertiary/aromatic N) is 2. The number of aromatic hydroxyl groups is 2. The van der Waals surface area contributed by atoms with Crippen LogP contribution in [0.1, 0.15) is 75.6 Å². The van der Waals surface area contributed by atoms with Crippen LogP contribution in [0.4, 0.5) is 9.18 Å². The molecule has 4 aliphatic rings. The van der Waals surface area contributed by atoms with Gasteiger partial charge in [0.2, 0.25) is 17.1 Å². The summed E-state index contributed by atoms with van der Waals surface area (Å²) < 4.78 is 38.5. The standard InChI is InChI=1S/C37H43FN2O19/c1-34-10-9-22(41)16-21(34)7-8-23-24-17-27(43)37(35(24,2)18-28(44)36(23,34)38,59-30(46)6-5-13-57-40(52)53)29(45)19-55-33(49)58-26-15-20(14-25(42)31(26)47)32(48)54-11-3-4-12-56-39(50)51/h7,9-10,14-15,23-24,27-28,42-44,47H,3-6,8,11-13,16-19H2,1-2H3/t23?,24?,27-,28+,34+,35+,36+,37+/m1/s1. The van der Waals surface area contributed by atoms with Gasteiger partial charge in [0.05, 0.1) is 31.5 Å². The van der Waals surface area contributed by atoms with Gasteiger partial charge in [-0.15, -0.1) is 20.2 Å². The molecule has 0 saturated heterocycles. The normalized spacial score (nSPS) is 30.4. The quantitative estimate of drug-likeness (QED) is 0.0256. The number of phenolic OH excluding ortho intramolecular Hbond substituents is 2. The van der Waals surface area contributed by atoms with Gasteiger partial charge in [-0.1, -0.05) is 24.6 Å². The summed E-state index contributed by atoms with van der Waals surface area (Å²) in [5, 5.41) is 62.8. The highest BCUT2D eigenvalue weighted by molar-refractivity contribution is 5.95. The second-order valence-corrected chi connectivity index (χ2v) is 15.2. The maximum absolute atomic E-state index is 17.7. The molecule has 2 saturated carbocycles. The van der Waals surface area contributed by atoms with E-state index in [1.165, 1.54) is 19.1 Å². The van der Waals surface area contributed by atoms with E-state index < -0.39 is 129 Å². The highest BCUT2D eigenvalue weighted by atomic mass is 19.1. The third kappa shape index (κ3) is 8.22. The first-order valence-electron chi connectivity index (χ1n) is 18.5. The van der Waals surface area contributed by atoms with Gasteiger partial charge in [-0.2, -0.15) is 0 Å². The van der Waals surface area contributed by atoms with Crippen LogP contribution < -0.4 is 4.74 Å². The van der Waals surface area contributed by atoms with Crippen molar-refractivity contribution in [3.63, 3.8) is 0 Å². The van der Waals surface area contributed by atoms with Crippen molar-refractivity contribution in [1.29, 1.82) is 0 Å². The monoisotopic (exact) mass is 838 g/mol. The van der Waals surface area contributed by atoms with Crippen LogP contribution in [0.2, 0.25) is 0 Å². The van der Waals surface area contributed by atoms with Crippen molar-refractivity contribution in [2.24, 2.45) is 22.7 Å². The molecule has 1 aromatic carbocycles. The number of carbonyl (C=O) groups is 5. The Morgan fingerprint density at radius 1 is 0.932 bits per heavy atom. The van der Waals surface area contributed by atoms with Crippen molar-refractivity contribution in [3.05, 3.63) is 61.7 Å². The zero-order valence-corrected chi connectivity index (χ0v) is 31.9. The molecule has 8 atom stereocenters. The number of halogens is 1. The molecule has 1 aromatic rings. The van der Waals surface area contributed by atoms with Gasteiger partial charge in [-0.25, -0.2) is 14.0 Å². The van der Waals surface area contributed by atoms with Crippen molar-refractivity contribution < 1.29 is 87.6 Å². The fraction of sp³-hybridized carbons (Fsp3) is 0.595. The van der Waals surface area contributed by atoms with E-state index in [9.17, 15) is 64.6 Å². The van der Waals surface area contributed by atoms with E-state index in [1.807, 2.05) is 0 Å². The lowest BCUT2D eigenvalue weighted by molar-refractivity contribution is -0.757. The van der Waals surface area contributed by atoms with E-state index in [2.05, 4.69) is 9.68 Å². The first kappa shape index (κ1) is 44.2. The SMILES string of the molecule is C[C@]12C=CC(=O)CC1=CCC1C3C[C@@H](O)[C@](OC(=O)CCCO[N+](=O)[O-])(C(=O)COC(=O)Oc4cc(C(=O)OCCCCO[N+](=O)[O-])cc(O)c4O)[C@@]3(C)C[C@H](O)[C@@]12F. The number of benzene rings is 1. The molecule has 0 aromatic heterocycles. The fourth-order valence-electron chi connectivity index (χ4n) is 9.18. The largest absolute Gasteiger partial charge is 0.514 e. The minimum Gasteiger partial charge on any atom is -0.504 e. The molecule has 0 amide bonds. The number of aliphatic hydroxyl groups excluding tert-OH is 2. The van der Waals surface area contributed by atoms with E-state index in [1.54, 1.807) is 13.0 Å². The Bertz CT molecular complexity index is 1950. The summed E-state index contributed by atoms with van der Waals surface area (Å²) in [6.45, 7) is 0.677. The molecule has 5 rings (SSSR count). The molecule has 2 unspecified atom stereocenters. The van der Waals surface area contributed by atoms with Crippen LogP contribution >= 0.6 is 0 Å². The molecule has 0 radical (unpaired) electrons. The minimum absolute atomic E-state index is 0.0201. The Balaban J connectivity index is 1.37. The van der Waals surface area contributed by atoms with Gasteiger partial charge in [0.15, 0.2) is 29.6 Å². The van der Waals surface area contributed by atoms with Crippen LogP contribution in [0.15, 0.2) is 35.9 Å². The maximum Gasteiger partial charge on any atom is 0.514 e. The predicted molar refractivity (Wildman–Crippen MR) is 190 cm³/mol. The summed E-state index contributed by atoms with van der Waals surface area (Å²) >= 11 is 0. The molecule has 4 aliphatic carbocycles. The van der Waals surface area contributed by atoms with Crippen LogP contribution in [0.25, 0.3) is 0 Å². The topological polar surface area (TPSA) is 308 Å². The van der Waals surface area contributed by atoms with E-state index >= 15 is 4.39 Å². The molecule has 21 nitrogen and oxygen atoms in total. The molecule has 0 spiro atoms. The summed E-state index contributed by atoms with van der Waals surface area (Å²) in [5.74, 6) is -8.54. The van der Waals surface area contributed by atoms with Gasteiger partial charge in [0, 0.05) is 29.6 Å². The summed E-state index contributed by atoms with van der Waals surface area (Å²) in [6.07, 6.45) is -2.60. The van der Waals surface area contributed by atoms with Crippen LogP contribution in [0.5, 0.6) is 17.2 Å². The number of alkyl halides is 1. The molecule has 322 valence electrons. The van der Waals surface area contributed by atoms with E-state index in [-0.39, 0.29) is 57.5 Å². The number of Topliss-reactive ketones (excluding diaryl/α,β-unsaturated/α-hetero) is 1. The second kappa shape index (κ2) is 17.1. The second-order valence-electron chi connectivity index (χ2n) is 15.2. The molecule has 4 N–H and O–H groups in total. The number of carbonyl (C=O) groups excluding carboxylic acids is 5. The van der Waals surface area contributed by atoms with Gasteiger partial charge < -0.3 is 49.0 Å². The van der Waals surface area contributed by atoms with Crippen molar-refractivity contribution in [2.45, 2.75) is 88.7 Å². The lowest BCUT2D eigenvalue weighted by Crippen LogP contribution is -2.70. The maximum atomic E-state index is 17.7. The number of ketones is 2. The first-order chi connectivity index (χ1) is 27.7. The van der Waals surface area contributed by atoms with Crippen LogP contribution in [-0.4, -0.2) is 110 Å². The minimum atomic E-state index is -2.61. The average Bonchev–Trinajstić information content (AvgIpc) is 3.38. The Morgan fingerprint density at radius 2 is 1.59 bits per heavy atom. The van der Waals surface area contributed by atoms with Gasteiger partial charge >= 0.3 is 18.1 Å². The predicted octanol–water partition coefficient (Wildman–Crippen LogP) is 2.94. The summed E-state index contributed by atoms with van der Waals surface area (Å²) in [5.41, 5.74) is -8.17. The average molecular weight is 839 g/mol. The molecular weight excluding hydrogens is 795 g/mol. The summed E-state index contributed by atoms with van der Waals surface area (Å²) in [6, 6.07) is 1.58. The van der Waals surface area contributed by atoms with Crippen LogP contribution in [0, 0.1) is 42.9 Å². The van der Waals surface area contributed by atoms with Gasteiger partial charge in [-0.3, -0.25) is 14.4 Å². The summed E-state index contributed by atoms with van der Waals surface area (Å²) in [4.78, 5) is 94.7. The molecule has 22 heteroatoms. The lowest BCUT2D eigenvalue weighted by Gasteiger charge is -2.62. The third-order valence-electron chi connectivity index (χ3n) is 12.0. The van der Waals surface area contributed by atoms with Gasteiger partial charge in [-0.05, 0) is 69.6 Å². The van der Waals surface area contributed by atoms with Crippen LogP contribution in [0.3, 0.4) is 0 Å². The Hall–Kier alpha value is -5.90. The first-order valence-corrected chi connectivity index (χ1v) is 18.5. The molecule has 0 aliphatic heterocycles. The number of ether oxygens (including phenoxy) is 4. The van der Waals surface area contributed by atoms with Crippen molar-refractivity contribution in [3.8, 4) is 17.2 Å². The van der Waals surface area contributed by atoms with Gasteiger partial charge in [0.25, 0.3) is 10.2 Å². The van der Waals surface area contributed by atoms with Crippen molar-refractivity contribution in [2.75, 3.05) is 26.4 Å². The number of hydrogen-bond acceptors (Lipinski definition) is 19. The zero-order valence-electron chi connectivity index (χ0n) is 31.9. The number of esters is 2. The van der Waals surface area contributed by atoms with Gasteiger partial charge in [0.1, 0.15) is 6.10 Å². The Morgan fingerprint density at radius 3 is 2.27 bits per heavy atom. The molecule has 0 bridgehead atoms. The number of rotatable bonds is 17. The van der Waals surface area contributed by atoms with Crippen molar-refractivity contribution in [1.82, 2.24) is 0 Å². The van der Waals surface area contributed by atoms with E-state index in [4.69, 9.17) is 18.9 Å². The third-order valence-corrected chi connectivity index (χ3v) is 12.0. The Kier molecular flexibility index (Phi) is 12.8. The van der Waals surface area contributed by atoms with Crippen molar-refractivity contribution >= 4 is 29.7 Å². The lowest BCUT2D eigenvalue weighted by atomic mass is 9.45.